The van der Waals surface area contributed by atoms with Crippen LogP contribution < -0.4 is 11.1 Å². The minimum Gasteiger partial charge on any atom is -0.321 e. The summed E-state index contributed by atoms with van der Waals surface area (Å²) in [6, 6.07) is -0.343. The first-order valence-corrected chi connectivity index (χ1v) is 2.16. The van der Waals surface area contributed by atoms with Crippen LogP contribution in [0.3, 0.4) is 0 Å². The highest BCUT2D eigenvalue weighted by atomic mass is 16.1. The Bertz CT molecular complexity index is 55.7. The normalized spacial score (nSPS) is 13.4. The molecule has 0 aromatic heterocycles. The lowest BCUT2D eigenvalue weighted by atomic mass is 10.4. The molecule has 0 aliphatic heterocycles. The molecule has 0 saturated carbocycles. The second kappa shape index (κ2) is 3.77. The van der Waals surface area contributed by atoms with Gasteiger partial charge in [0.05, 0.1) is 6.04 Å². The number of carbonyl (C=O) groups excluding carboxylic acids is 1. The number of carbonyl (C=O) groups is 1. The summed E-state index contributed by atoms with van der Waals surface area (Å²) in [4.78, 5) is 9.73. The summed E-state index contributed by atoms with van der Waals surface area (Å²) in [5, 5.41) is 2.76. The summed E-state index contributed by atoms with van der Waals surface area (Å²) < 4.78 is 0. The van der Waals surface area contributed by atoms with Crippen LogP contribution in [0.4, 0.5) is 0 Å². The third-order valence-electron chi connectivity index (χ3n) is 0.615. The molecule has 0 saturated heterocycles. The van der Waals surface area contributed by atoms with E-state index in [2.05, 4.69) is 5.32 Å². The Balaban J connectivity index is 2.98. The molecule has 3 nitrogen and oxygen atoms in total. The predicted molar refractivity (Wildman–Crippen MR) is 28.0 cm³/mol. The number of hydrogen-bond donors (Lipinski definition) is 2. The van der Waals surface area contributed by atoms with Gasteiger partial charge in [0.25, 0.3) is 0 Å². The summed E-state index contributed by atoms with van der Waals surface area (Å²) in [7, 11) is 1.75. The van der Waals surface area contributed by atoms with Crippen LogP contribution in [0.15, 0.2) is 0 Å². The highest BCUT2D eigenvalue weighted by molar-refractivity contribution is 5.57. The van der Waals surface area contributed by atoms with Crippen molar-refractivity contribution in [2.24, 2.45) is 5.73 Å². The Morgan fingerprint density at radius 1 is 2.00 bits per heavy atom. The van der Waals surface area contributed by atoms with E-state index in [1.165, 1.54) is 0 Å². The zero-order valence-corrected chi connectivity index (χ0v) is 4.35. The first kappa shape index (κ1) is 6.59. The van der Waals surface area contributed by atoms with E-state index in [9.17, 15) is 4.79 Å². The molecule has 7 heavy (non-hydrogen) atoms. The highest BCUT2D eigenvalue weighted by Gasteiger charge is 1.92. The lowest BCUT2D eigenvalue weighted by Crippen LogP contribution is -2.32. The monoisotopic (exact) mass is 102 g/mol. The van der Waals surface area contributed by atoms with Crippen molar-refractivity contribution < 1.29 is 4.79 Å². The summed E-state index contributed by atoms with van der Waals surface area (Å²) in [5.41, 5.74) is 5.15. The van der Waals surface area contributed by atoms with E-state index < -0.39 is 0 Å². The van der Waals surface area contributed by atoms with Gasteiger partial charge in [0.15, 0.2) is 0 Å². The fourth-order valence-electron chi connectivity index (χ4n) is 0.284. The molecule has 0 amide bonds. The van der Waals surface area contributed by atoms with Crippen LogP contribution in [0.25, 0.3) is 0 Å². The van der Waals surface area contributed by atoms with Crippen molar-refractivity contribution in [1.82, 2.24) is 5.32 Å². The molecule has 0 spiro atoms. The van der Waals surface area contributed by atoms with Crippen molar-refractivity contribution in [3.05, 3.63) is 0 Å². The fourth-order valence-corrected chi connectivity index (χ4v) is 0.284. The number of likely N-dealkylation sites (N-methyl/N-ethyl adjacent to an activating group) is 1. The quantitative estimate of drug-likeness (QED) is 0.437. The molecule has 3 N–H and O–H groups in total. The largest absolute Gasteiger partial charge is 0.321 e. The number of rotatable bonds is 3. The smallest absolute Gasteiger partial charge is 0.137 e. The van der Waals surface area contributed by atoms with Gasteiger partial charge in [0.1, 0.15) is 6.29 Å². The van der Waals surface area contributed by atoms with Gasteiger partial charge in [-0.3, -0.25) is 0 Å². The zero-order valence-electron chi connectivity index (χ0n) is 4.35. The average molecular weight is 102 g/mol. The third kappa shape index (κ3) is 3.42. The van der Waals surface area contributed by atoms with Crippen molar-refractivity contribution >= 4 is 6.29 Å². The standard InChI is InChI=1S/C4H10N2O/c1-6-2-4(5)3-7/h3-4,6H,2,5H2,1H3. The van der Waals surface area contributed by atoms with Gasteiger partial charge in [-0.15, -0.1) is 0 Å². The Labute approximate surface area is 42.9 Å². The van der Waals surface area contributed by atoms with Crippen molar-refractivity contribution in [1.29, 1.82) is 0 Å². The summed E-state index contributed by atoms with van der Waals surface area (Å²) in [6.07, 6.45) is 0.719. The van der Waals surface area contributed by atoms with Gasteiger partial charge in [-0.05, 0) is 7.05 Å². The van der Waals surface area contributed by atoms with Gasteiger partial charge in [0, 0.05) is 6.54 Å². The maximum Gasteiger partial charge on any atom is 0.137 e. The Kier molecular flexibility index (Phi) is 3.55. The minimum absolute atomic E-state index is 0.343. The summed E-state index contributed by atoms with van der Waals surface area (Å²) in [5.74, 6) is 0. The lowest BCUT2D eigenvalue weighted by molar-refractivity contribution is -0.108. The topological polar surface area (TPSA) is 55.1 Å². The van der Waals surface area contributed by atoms with Crippen LogP contribution in [0.2, 0.25) is 0 Å². The van der Waals surface area contributed by atoms with Gasteiger partial charge in [-0.25, -0.2) is 0 Å². The minimum atomic E-state index is -0.343. The molecule has 1 unspecified atom stereocenters. The van der Waals surface area contributed by atoms with Crippen LogP contribution in [0.1, 0.15) is 0 Å². The van der Waals surface area contributed by atoms with E-state index in [0.717, 1.165) is 6.29 Å². The van der Waals surface area contributed by atoms with Crippen LogP contribution in [0, 0.1) is 0 Å². The first-order valence-electron chi connectivity index (χ1n) is 2.16. The van der Waals surface area contributed by atoms with E-state index in [1.807, 2.05) is 0 Å². The second-order valence-corrected chi connectivity index (χ2v) is 1.36. The first-order chi connectivity index (χ1) is 3.31. The van der Waals surface area contributed by atoms with Crippen molar-refractivity contribution in [2.75, 3.05) is 13.6 Å². The predicted octanol–water partition coefficient (Wildman–Crippen LogP) is -1.27. The average Bonchev–Trinajstić information content (AvgIpc) is 1.68. The van der Waals surface area contributed by atoms with E-state index in [4.69, 9.17) is 5.73 Å². The number of aldehydes is 1. The number of hydrogen-bond acceptors (Lipinski definition) is 3. The van der Waals surface area contributed by atoms with E-state index >= 15 is 0 Å². The van der Waals surface area contributed by atoms with Crippen LogP contribution in [-0.2, 0) is 4.79 Å². The molecule has 0 aliphatic rings. The van der Waals surface area contributed by atoms with E-state index in [1.54, 1.807) is 7.05 Å². The molecule has 1 atom stereocenters. The maximum absolute atomic E-state index is 9.73. The van der Waals surface area contributed by atoms with Gasteiger partial charge in [0.2, 0.25) is 0 Å². The molecule has 0 aromatic rings. The van der Waals surface area contributed by atoms with E-state index in [-0.39, 0.29) is 6.04 Å². The lowest BCUT2D eigenvalue weighted by Gasteiger charge is -1.97. The van der Waals surface area contributed by atoms with Crippen LogP contribution in [0.5, 0.6) is 0 Å². The van der Waals surface area contributed by atoms with Gasteiger partial charge in [-0.2, -0.15) is 0 Å². The van der Waals surface area contributed by atoms with Crippen molar-refractivity contribution in [3.63, 3.8) is 0 Å². The molecule has 0 bridgehead atoms. The Morgan fingerprint density at radius 3 is 2.71 bits per heavy atom. The Morgan fingerprint density at radius 2 is 2.57 bits per heavy atom. The second-order valence-electron chi connectivity index (χ2n) is 1.36. The molecule has 0 fully saturated rings. The van der Waals surface area contributed by atoms with E-state index in [0.29, 0.717) is 6.54 Å². The molecule has 0 radical (unpaired) electrons. The molecule has 0 aliphatic carbocycles. The zero-order chi connectivity index (χ0) is 5.70. The SMILES string of the molecule is CNCC(N)C=O. The van der Waals surface area contributed by atoms with Crippen molar-refractivity contribution in [3.8, 4) is 0 Å². The van der Waals surface area contributed by atoms with Crippen LogP contribution in [-0.4, -0.2) is 25.9 Å². The molecule has 0 rings (SSSR count). The third-order valence-corrected chi connectivity index (χ3v) is 0.615. The van der Waals surface area contributed by atoms with Crippen LogP contribution >= 0.6 is 0 Å². The number of nitrogens with two attached hydrogens (primary N) is 1. The molecule has 0 heterocycles. The molecule has 0 aromatic carbocycles. The molecule has 42 valence electrons. The highest BCUT2D eigenvalue weighted by Crippen LogP contribution is 1.61. The summed E-state index contributed by atoms with van der Waals surface area (Å²) >= 11 is 0. The van der Waals surface area contributed by atoms with Gasteiger partial charge >= 0.3 is 0 Å². The molecule has 3 heteroatoms. The van der Waals surface area contributed by atoms with Gasteiger partial charge in [-0.1, -0.05) is 0 Å². The van der Waals surface area contributed by atoms with Gasteiger partial charge < -0.3 is 15.8 Å². The molecular formula is C4H10N2O. The number of nitrogens with one attached hydrogen (secondary N) is 1. The Hall–Kier alpha value is -0.410. The fraction of sp³-hybridized carbons (Fsp3) is 0.750. The maximum atomic E-state index is 9.73. The summed E-state index contributed by atoms with van der Waals surface area (Å²) in [6.45, 7) is 0.559. The van der Waals surface area contributed by atoms with Crippen molar-refractivity contribution in [2.45, 2.75) is 6.04 Å². The molecular weight excluding hydrogens is 92.1 g/mol.